The molecule has 2 rings (SSSR count). The number of anilines is 1. The molecule has 0 unspecified atom stereocenters. The lowest BCUT2D eigenvalue weighted by Gasteiger charge is -2.08. The Morgan fingerprint density at radius 3 is 2.60 bits per heavy atom. The highest BCUT2D eigenvalue weighted by atomic mass is 32.1. The molecule has 0 fully saturated rings. The van der Waals surface area contributed by atoms with Crippen LogP contribution >= 0.6 is 11.3 Å². The van der Waals surface area contributed by atoms with Gasteiger partial charge >= 0.3 is 0 Å². The molecule has 1 amide bonds. The number of thiazole rings is 1. The van der Waals surface area contributed by atoms with Crippen molar-refractivity contribution < 1.29 is 13.6 Å². The Kier molecular flexibility index (Phi) is 3.99. The van der Waals surface area contributed by atoms with Crippen LogP contribution in [0.5, 0.6) is 0 Å². The van der Waals surface area contributed by atoms with Crippen LogP contribution in [0.4, 0.5) is 13.9 Å². The van der Waals surface area contributed by atoms with Crippen molar-refractivity contribution in [3.05, 3.63) is 45.5 Å². The predicted molar refractivity (Wildman–Crippen MR) is 73.5 cm³/mol. The van der Waals surface area contributed by atoms with Crippen molar-refractivity contribution in [1.29, 1.82) is 0 Å². The first-order chi connectivity index (χ1) is 9.38. The molecule has 1 aromatic heterocycles. The summed E-state index contributed by atoms with van der Waals surface area (Å²) in [5, 5.41) is 2.96. The Morgan fingerprint density at radius 1 is 1.35 bits per heavy atom. The molecular weight excluding hydrogens is 284 g/mol. The highest BCUT2D eigenvalue weighted by Gasteiger charge is 2.14. The quantitative estimate of drug-likeness (QED) is 0.915. The molecule has 20 heavy (non-hydrogen) atoms. The molecule has 106 valence electrons. The summed E-state index contributed by atoms with van der Waals surface area (Å²) in [6.07, 6.45) is 0. The number of amides is 1. The SMILES string of the molecule is Cc1cc(F)c(F)cc1CNC(=O)c1sc(N)nc1C. The molecular formula is C13H13F2N3OS. The number of nitrogens with zero attached hydrogens (tertiary/aromatic N) is 1. The number of benzene rings is 1. The van der Waals surface area contributed by atoms with Crippen molar-refractivity contribution in [2.45, 2.75) is 20.4 Å². The fourth-order valence-corrected chi connectivity index (χ4v) is 2.51. The number of rotatable bonds is 3. The van der Waals surface area contributed by atoms with Crippen LogP contribution in [0.2, 0.25) is 0 Å². The highest BCUT2D eigenvalue weighted by Crippen LogP contribution is 2.20. The van der Waals surface area contributed by atoms with E-state index in [4.69, 9.17) is 5.73 Å². The molecule has 0 spiro atoms. The van der Waals surface area contributed by atoms with Crippen molar-refractivity contribution in [2.75, 3.05) is 5.73 Å². The van der Waals surface area contributed by atoms with Gasteiger partial charge in [0.1, 0.15) is 4.88 Å². The standard InChI is InChI=1S/C13H13F2N3OS/c1-6-3-9(14)10(15)4-8(6)5-17-12(19)11-7(2)18-13(16)20-11/h3-4H,5H2,1-2H3,(H2,16,18)(H,17,19). The first-order valence-corrected chi connectivity index (χ1v) is 6.65. The Morgan fingerprint density at radius 2 is 2.00 bits per heavy atom. The van der Waals surface area contributed by atoms with Crippen molar-refractivity contribution in [1.82, 2.24) is 10.3 Å². The number of carbonyl (C=O) groups excluding carboxylic acids is 1. The van der Waals surface area contributed by atoms with E-state index in [1.54, 1.807) is 13.8 Å². The second-order valence-corrected chi connectivity index (χ2v) is 5.37. The first-order valence-electron chi connectivity index (χ1n) is 5.84. The van der Waals surface area contributed by atoms with Gasteiger partial charge in [-0.05, 0) is 37.1 Å². The minimum Gasteiger partial charge on any atom is -0.375 e. The monoisotopic (exact) mass is 297 g/mol. The minimum atomic E-state index is -0.932. The van der Waals surface area contributed by atoms with Crippen LogP contribution < -0.4 is 11.1 Å². The van der Waals surface area contributed by atoms with E-state index in [1.165, 1.54) is 0 Å². The smallest absolute Gasteiger partial charge is 0.263 e. The summed E-state index contributed by atoms with van der Waals surface area (Å²) in [5.41, 5.74) is 7.16. The Hall–Kier alpha value is -2.02. The molecule has 1 heterocycles. The summed E-state index contributed by atoms with van der Waals surface area (Å²) < 4.78 is 26.2. The van der Waals surface area contributed by atoms with Crippen LogP contribution in [0.1, 0.15) is 26.5 Å². The van der Waals surface area contributed by atoms with E-state index in [0.29, 0.717) is 26.8 Å². The van der Waals surface area contributed by atoms with Gasteiger partial charge in [-0.3, -0.25) is 4.79 Å². The minimum absolute atomic E-state index is 0.110. The number of hydrogen-bond donors (Lipinski definition) is 2. The maximum absolute atomic E-state index is 13.2. The van der Waals surface area contributed by atoms with Gasteiger partial charge in [0.15, 0.2) is 16.8 Å². The van der Waals surface area contributed by atoms with Gasteiger partial charge < -0.3 is 11.1 Å². The van der Waals surface area contributed by atoms with Gasteiger partial charge in [0, 0.05) is 6.54 Å². The molecule has 0 atom stereocenters. The molecule has 4 nitrogen and oxygen atoms in total. The maximum atomic E-state index is 13.2. The molecule has 0 aliphatic carbocycles. The van der Waals surface area contributed by atoms with Crippen LogP contribution in [-0.2, 0) is 6.54 Å². The Balaban J connectivity index is 2.11. The summed E-state index contributed by atoms with van der Waals surface area (Å²) in [7, 11) is 0. The highest BCUT2D eigenvalue weighted by molar-refractivity contribution is 7.17. The zero-order chi connectivity index (χ0) is 14.9. The summed E-state index contributed by atoms with van der Waals surface area (Å²) in [5.74, 6) is -2.16. The molecule has 7 heteroatoms. The fourth-order valence-electron chi connectivity index (χ4n) is 1.76. The van der Waals surface area contributed by atoms with Gasteiger partial charge in [-0.2, -0.15) is 0 Å². The second kappa shape index (κ2) is 5.54. The van der Waals surface area contributed by atoms with E-state index >= 15 is 0 Å². The molecule has 0 saturated carbocycles. The van der Waals surface area contributed by atoms with E-state index in [-0.39, 0.29) is 12.5 Å². The van der Waals surface area contributed by atoms with E-state index in [9.17, 15) is 13.6 Å². The lowest BCUT2D eigenvalue weighted by atomic mass is 10.1. The number of nitrogens with one attached hydrogen (secondary N) is 1. The maximum Gasteiger partial charge on any atom is 0.263 e. The van der Waals surface area contributed by atoms with Crippen molar-refractivity contribution in [2.24, 2.45) is 0 Å². The third-order valence-electron chi connectivity index (χ3n) is 2.84. The second-order valence-electron chi connectivity index (χ2n) is 4.34. The fraction of sp³-hybridized carbons (Fsp3) is 0.231. The average Bonchev–Trinajstić information content (AvgIpc) is 2.71. The van der Waals surface area contributed by atoms with Gasteiger partial charge in [-0.25, -0.2) is 13.8 Å². The van der Waals surface area contributed by atoms with Crippen LogP contribution in [0.25, 0.3) is 0 Å². The number of nitrogen functional groups attached to an aromatic ring is 1. The van der Waals surface area contributed by atoms with E-state index < -0.39 is 11.6 Å². The molecule has 3 N–H and O–H groups in total. The summed E-state index contributed by atoms with van der Waals surface area (Å²) in [6.45, 7) is 3.45. The molecule has 0 aliphatic rings. The average molecular weight is 297 g/mol. The van der Waals surface area contributed by atoms with E-state index in [0.717, 1.165) is 23.5 Å². The van der Waals surface area contributed by atoms with Crippen LogP contribution in [0, 0.1) is 25.5 Å². The van der Waals surface area contributed by atoms with Gasteiger partial charge in [0.05, 0.1) is 5.69 Å². The number of hydrogen-bond acceptors (Lipinski definition) is 4. The Bertz CT molecular complexity index is 670. The van der Waals surface area contributed by atoms with Crippen LogP contribution in [0.3, 0.4) is 0 Å². The number of nitrogens with two attached hydrogens (primary N) is 1. The number of halogens is 2. The lowest BCUT2D eigenvalue weighted by molar-refractivity contribution is 0.0954. The van der Waals surface area contributed by atoms with Gasteiger partial charge in [0.2, 0.25) is 0 Å². The van der Waals surface area contributed by atoms with Gasteiger partial charge in [0.25, 0.3) is 5.91 Å². The van der Waals surface area contributed by atoms with Gasteiger partial charge in [-0.15, -0.1) is 0 Å². The largest absolute Gasteiger partial charge is 0.375 e. The zero-order valence-electron chi connectivity index (χ0n) is 11.0. The number of aryl methyl sites for hydroxylation is 2. The molecule has 0 bridgehead atoms. The lowest BCUT2D eigenvalue weighted by Crippen LogP contribution is -2.23. The molecule has 0 saturated heterocycles. The topological polar surface area (TPSA) is 68.0 Å². The summed E-state index contributed by atoms with van der Waals surface area (Å²) >= 11 is 1.09. The normalized spacial score (nSPS) is 10.6. The molecule has 1 aromatic carbocycles. The van der Waals surface area contributed by atoms with Crippen LogP contribution in [0.15, 0.2) is 12.1 Å². The number of aromatic nitrogens is 1. The first kappa shape index (κ1) is 14.4. The molecule has 0 radical (unpaired) electrons. The van der Waals surface area contributed by atoms with Gasteiger partial charge in [-0.1, -0.05) is 11.3 Å². The van der Waals surface area contributed by atoms with E-state index in [2.05, 4.69) is 10.3 Å². The Labute approximate surface area is 118 Å². The summed E-state index contributed by atoms with van der Waals surface area (Å²) in [4.78, 5) is 16.3. The molecule has 2 aromatic rings. The van der Waals surface area contributed by atoms with Crippen LogP contribution in [-0.4, -0.2) is 10.9 Å². The van der Waals surface area contributed by atoms with Crippen molar-refractivity contribution in [3.8, 4) is 0 Å². The predicted octanol–water partition coefficient (Wildman–Crippen LogP) is 2.55. The zero-order valence-corrected chi connectivity index (χ0v) is 11.8. The summed E-state index contributed by atoms with van der Waals surface area (Å²) in [6, 6.07) is 2.19. The van der Waals surface area contributed by atoms with Crippen molar-refractivity contribution >= 4 is 22.4 Å². The third kappa shape index (κ3) is 2.93. The number of carbonyl (C=O) groups is 1. The third-order valence-corrected chi connectivity index (χ3v) is 3.82. The van der Waals surface area contributed by atoms with Crippen molar-refractivity contribution in [3.63, 3.8) is 0 Å². The molecule has 0 aliphatic heterocycles. The van der Waals surface area contributed by atoms with E-state index in [1.807, 2.05) is 0 Å².